The van der Waals surface area contributed by atoms with Crippen molar-refractivity contribution in [3.8, 4) is 5.75 Å². The van der Waals surface area contributed by atoms with E-state index < -0.39 is 23.0 Å². The number of primary sulfonamides is 1. The highest BCUT2D eigenvalue weighted by molar-refractivity contribution is 7.89. The van der Waals surface area contributed by atoms with Crippen LogP contribution in [0.4, 0.5) is 0 Å². The van der Waals surface area contributed by atoms with E-state index in [2.05, 4.69) is 4.74 Å². The van der Waals surface area contributed by atoms with Gasteiger partial charge in [-0.05, 0) is 18.2 Å². The first-order valence-electron chi connectivity index (χ1n) is 5.16. The average Bonchev–Trinajstić information content (AvgIpc) is 2.13. The van der Waals surface area contributed by atoms with Gasteiger partial charge in [-0.3, -0.25) is 4.79 Å². The molecule has 0 aromatic heterocycles. The Labute approximate surface area is 91.1 Å². The number of primary amides is 1. The van der Waals surface area contributed by atoms with Crippen LogP contribution >= 0.6 is 0 Å². The third kappa shape index (κ3) is 2.45. The number of ether oxygens (including phenoxy) is 1. The molecule has 0 radical (unpaired) electrons. The van der Waals surface area contributed by atoms with Crippen LogP contribution in [0.1, 0.15) is 14.5 Å². The minimum absolute atomic E-state index is 0.338. The van der Waals surface area contributed by atoms with Crippen molar-refractivity contribution >= 4 is 15.9 Å². The Bertz CT molecular complexity index is 582. The van der Waals surface area contributed by atoms with E-state index in [4.69, 9.17) is 15.0 Å². The molecule has 0 fully saturated rings. The Balaban J connectivity index is 3.35. The van der Waals surface area contributed by atoms with Crippen LogP contribution in [0.3, 0.4) is 0 Å². The molecule has 15 heavy (non-hydrogen) atoms. The van der Waals surface area contributed by atoms with E-state index in [1.54, 1.807) is 0 Å². The minimum atomic E-state index is -4.02. The normalized spacial score (nSPS) is 14.9. The lowest BCUT2D eigenvalue weighted by Crippen LogP contribution is -2.16. The van der Waals surface area contributed by atoms with Crippen molar-refractivity contribution in [2.45, 2.75) is 4.90 Å². The number of hydrogen-bond acceptors (Lipinski definition) is 4. The van der Waals surface area contributed by atoms with Crippen LogP contribution in [0.15, 0.2) is 23.1 Å². The summed E-state index contributed by atoms with van der Waals surface area (Å²) in [4.78, 5) is 10.7. The summed E-state index contributed by atoms with van der Waals surface area (Å²) < 4.78 is 47.4. The Hall–Kier alpha value is -1.60. The molecule has 7 heteroatoms. The lowest BCUT2D eigenvalue weighted by Gasteiger charge is -2.06. The van der Waals surface area contributed by atoms with Crippen LogP contribution in [0, 0.1) is 0 Å². The van der Waals surface area contributed by atoms with E-state index in [1.165, 1.54) is 0 Å². The maximum absolute atomic E-state index is 11.1. The Kier molecular flexibility index (Phi) is 1.98. The van der Waals surface area contributed by atoms with Crippen LogP contribution in [-0.4, -0.2) is 21.4 Å². The Morgan fingerprint density at radius 1 is 1.53 bits per heavy atom. The van der Waals surface area contributed by atoms with Gasteiger partial charge in [0.1, 0.15) is 5.75 Å². The van der Waals surface area contributed by atoms with Crippen LogP contribution in [0.2, 0.25) is 0 Å². The zero-order valence-electron chi connectivity index (χ0n) is 10.4. The Morgan fingerprint density at radius 3 is 2.67 bits per heavy atom. The smallest absolute Gasteiger partial charge is 0.252 e. The number of methoxy groups -OCH3 is 1. The van der Waals surface area contributed by atoms with Crippen molar-refractivity contribution in [3.05, 3.63) is 23.8 Å². The first kappa shape index (κ1) is 7.66. The van der Waals surface area contributed by atoms with E-state index in [1.807, 2.05) is 0 Å². The molecule has 0 atom stereocenters. The predicted molar refractivity (Wildman–Crippen MR) is 52.9 cm³/mol. The van der Waals surface area contributed by atoms with Gasteiger partial charge in [0.25, 0.3) is 5.91 Å². The van der Waals surface area contributed by atoms with Crippen LogP contribution in [0.5, 0.6) is 5.75 Å². The number of nitrogens with two attached hydrogens (primary N) is 2. The van der Waals surface area contributed by atoms with Crippen molar-refractivity contribution in [3.63, 3.8) is 0 Å². The molecule has 0 spiro atoms. The Morgan fingerprint density at radius 2 is 2.20 bits per heavy atom. The van der Waals surface area contributed by atoms with Gasteiger partial charge in [0, 0.05) is 0 Å². The molecular formula is C8H10N2O4S. The molecule has 0 aliphatic carbocycles. The van der Waals surface area contributed by atoms with Crippen LogP contribution in [-0.2, 0) is 10.0 Å². The monoisotopic (exact) mass is 233 g/mol. The molecule has 1 aromatic carbocycles. The highest BCUT2D eigenvalue weighted by atomic mass is 32.2. The van der Waals surface area contributed by atoms with Gasteiger partial charge in [0.05, 0.1) is 21.6 Å². The summed E-state index contributed by atoms with van der Waals surface area (Å²) in [5, 5.41) is 4.87. The molecule has 0 saturated carbocycles. The summed E-state index contributed by atoms with van der Waals surface area (Å²) in [6, 6.07) is 2.88. The molecule has 0 aliphatic rings. The number of hydrogen-bond donors (Lipinski definition) is 2. The predicted octanol–water partition coefficient (Wildman–Crippen LogP) is -0.558. The molecule has 0 aliphatic heterocycles. The SMILES string of the molecule is [2H]C([2H])([2H])Oc1ccc(S(N)(=O)=O)cc1C(N)=O. The molecule has 1 rings (SSSR count). The average molecular weight is 233 g/mol. The highest BCUT2D eigenvalue weighted by Crippen LogP contribution is 2.21. The summed E-state index contributed by atoms with van der Waals surface area (Å²) in [6.45, 7) is 0. The fourth-order valence-electron chi connectivity index (χ4n) is 0.968. The number of carbonyl (C=O) groups excluding carboxylic acids is 1. The van der Waals surface area contributed by atoms with Crippen molar-refractivity contribution in [1.82, 2.24) is 0 Å². The zero-order valence-corrected chi connectivity index (χ0v) is 8.24. The molecular weight excluding hydrogens is 220 g/mol. The molecule has 0 heterocycles. The van der Waals surface area contributed by atoms with Gasteiger partial charge in [-0.2, -0.15) is 0 Å². The van der Waals surface area contributed by atoms with E-state index in [9.17, 15) is 13.2 Å². The van der Waals surface area contributed by atoms with Crippen LogP contribution < -0.4 is 15.6 Å². The molecule has 0 bridgehead atoms. The topological polar surface area (TPSA) is 112 Å². The third-order valence-corrected chi connectivity index (χ3v) is 2.57. The lowest BCUT2D eigenvalue weighted by atomic mass is 10.2. The van der Waals surface area contributed by atoms with E-state index in [0.717, 1.165) is 18.2 Å². The molecule has 1 amide bonds. The number of benzene rings is 1. The van der Waals surface area contributed by atoms with Gasteiger partial charge >= 0.3 is 0 Å². The molecule has 4 N–H and O–H groups in total. The van der Waals surface area contributed by atoms with E-state index in [-0.39, 0.29) is 16.2 Å². The maximum Gasteiger partial charge on any atom is 0.252 e. The summed E-state index contributed by atoms with van der Waals surface area (Å²) >= 11 is 0. The molecule has 0 saturated heterocycles. The fourth-order valence-corrected chi connectivity index (χ4v) is 1.51. The van der Waals surface area contributed by atoms with Gasteiger partial charge < -0.3 is 10.5 Å². The largest absolute Gasteiger partial charge is 0.496 e. The highest BCUT2D eigenvalue weighted by Gasteiger charge is 2.14. The molecule has 1 aromatic rings. The van der Waals surface area contributed by atoms with Gasteiger partial charge in [-0.15, -0.1) is 0 Å². The van der Waals surface area contributed by atoms with Gasteiger partial charge in [-0.25, -0.2) is 13.6 Å². The first-order valence-corrected chi connectivity index (χ1v) is 5.21. The lowest BCUT2D eigenvalue weighted by molar-refractivity contribution is 0.0997. The summed E-state index contributed by atoms with van der Waals surface area (Å²) in [6.07, 6.45) is 0. The van der Waals surface area contributed by atoms with Gasteiger partial charge in [0.15, 0.2) is 0 Å². The minimum Gasteiger partial charge on any atom is -0.496 e. The van der Waals surface area contributed by atoms with Crippen molar-refractivity contribution in [1.29, 1.82) is 0 Å². The molecule has 6 nitrogen and oxygen atoms in total. The fraction of sp³-hybridized carbons (Fsp3) is 0.125. The molecule has 0 unspecified atom stereocenters. The standard InChI is InChI=1S/C8H10N2O4S/c1-14-7-3-2-5(15(10,12)13)4-6(7)8(9)11/h2-4H,1H3,(H2,9,11)(H2,10,12,13)/i1D3. The first-order chi connectivity index (χ1) is 8.00. The second kappa shape index (κ2) is 3.87. The van der Waals surface area contributed by atoms with Crippen LogP contribution in [0.25, 0.3) is 0 Å². The molecule has 82 valence electrons. The second-order valence-electron chi connectivity index (χ2n) is 2.67. The maximum atomic E-state index is 11.1. The number of amides is 1. The van der Waals surface area contributed by atoms with Crippen molar-refractivity contribution < 1.29 is 22.1 Å². The summed E-state index contributed by atoms with van der Waals surface area (Å²) in [5.74, 6) is -1.37. The summed E-state index contributed by atoms with van der Waals surface area (Å²) in [5.41, 5.74) is 4.63. The second-order valence-corrected chi connectivity index (χ2v) is 4.23. The van der Waals surface area contributed by atoms with Gasteiger partial charge in [-0.1, -0.05) is 0 Å². The van der Waals surface area contributed by atoms with Gasteiger partial charge in [0.2, 0.25) is 10.0 Å². The zero-order chi connectivity index (χ0) is 14.1. The quantitative estimate of drug-likeness (QED) is 0.728. The van der Waals surface area contributed by atoms with Crippen molar-refractivity contribution in [2.75, 3.05) is 7.04 Å². The number of carbonyl (C=O) groups is 1. The summed E-state index contributed by atoms with van der Waals surface area (Å²) in [7, 11) is -6.81. The number of rotatable bonds is 3. The third-order valence-electron chi connectivity index (χ3n) is 1.65. The van der Waals surface area contributed by atoms with E-state index in [0.29, 0.717) is 0 Å². The number of sulfonamides is 1. The van der Waals surface area contributed by atoms with E-state index >= 15 is 0 Å². The van der Waals surface area contributed by atoms with Crippen molar-refractivity contribution in [2.24, 2.45) is 10.9 Å².